The average molecular weight is 236 g/mol. The van der Waals surface area contributed by atoms with Crippen LogP contribution < -0.4 is 10.5 Å². The van der Waals surface area contributed by atoms with Gasteiger partial charge in [0.1, 0.15) is 5.75 Å². The van der Waals surface area contributed by atoms with E-state index in [0.717, 1.165) is 37.3 Å². The lowest BCUT2D eigenvalue weighted by molar-refractivity contribution is 0.278. The van der Waals surface area contributed by atoms with Crippen LogP contribution in [0.15, 0.2) is 24.3 Å². The van der Waals surface area contributed by atoms with Crippen LogP contribution in [0.4, 0.5) is 0 Å². The second-order valence-electron chi connectivity index (χ2n) is 4.56. The molecule has 1 rings (SSSR count). The van der Waals surface area contributed by atoms with Crippen molar-refractivity contribution in [3.8, 4) is 5.75 Å². The van der Waals surface area contributed by atoms with Crippen LogP contribution in [-0.2, 0) is 0 Å². The lowest BCUT2D eigenvalue weighted by Crippen LogP contribution is -2.16. The Morgan fingerprint density at radius 3 is 2.65 bits per heavy atom. The van der Waals surface area contributed by atoms with E-state index in [1.54, 1.807) is 0 Å². The van der Waals surface area contributed by atoms with E-state index in [-0.39, 0.29) is 6.04 Å². The fraction of sp³-hybridized carbons (Fsp3) is 0.571. The summed E-state index contributed by atoms with van der Waals surface area (Å²) in [4.78, 5) is 2.16. The van der Waals surface area contributed by atoms with Crippen LogP contribution in [0, 0.1) is 0 Å². The molecule has 0 unspecified atom stereocenters. The molecule has 96 valence electrons. The summed E-state index contributed by atoms with van der Waals surface area (Å²) < 4.78 is 5.80. The van der Waals surface area contributed by atoms with Gasteiger partial charge in [-0.2, -0.15) is 0 Å². The van der Waals surface area contributed by atoms with Crippen LogP contribution in [-0.4, -0.2) is 32.1 Å². The summed E-state index contributed by atoms with van der Waals surface area (Å²) in [6.45, 7) is 3.88. The Morgan fingerprint density at radius 1 is 1.29 bits per heavy atom. The maximum Gasteiger partial charge on any atom is 0.124 e. The molecular formula is C14H24N2O. The number of rotatable bonds is 7. The molecule has 0 fully saturated rings. The van der Waals surface area contributed by atoms with E-state index in [1.165, 1.54) is 0 Å². The predicted molar refractivity (Wildman–Crippen MR) is 72.3 cm³/mol. The van der Waals surface area contributed by atoms with Crippen LogP contribution in [0.5, 0.6) is 5.75 Å². The molecule has 0 radical (unpaired) electrons. The van der Waals surface area contributed by atoms with Crippen molar-refractivity contribution in [1.82, 2.24) is 4.90 Å². The fourth-order valence-electron chi connectivity index (χ4n) is 1.70. The van der Waals surface area contributed by atoms with E-state index >= 15 is 0 Å². The molecule has 0 aliphatic heterocycles. The fourth-order valence-corrected chi connectivity index (χ4v) is 1.70. The molecule has 1 atom stereocenters. The standard InChI is InChI=1S/C14H24N2O/c1-4-13(15)12-8-5-6-9-14(12)17-11-7-10-16(2)3/h5-6,8-9,13H,4,7,10-11,15H2,1-3H3/t13-/m0/s1. The third-order valence-corrected chi connectivity index (χ3v) is 2.77. The van der Waals surface area contributed by atoms with Crippen molar-refractivity contribution in [3.63, 3.8) is 0 Å². The third kappa shape index (κ3) is 4.75. The van der Waals surface area contributed by atoms with Gasteiger partial charge in [-0.1, -0.05) is 25.1 Å². The molecule has 0 bridgehead atoms. The van der Waals surface area contributed by atoms with Gasteiger partial charge in [0.15, 0.2) is 0 Å². The van der Waals surface area contributed by atoms with Gasteiger partial charge < -0.3 is 15.4 Å². The van der Waals surface area contributed by atoms with Gasteiger partial charge in [0.2, 0.25) is 0 Å². The highest BCUT2D eigenvalue weighted by Gasteiger charge is 2.09. The van der Waals surface area contributed by atoms with Gasteiger partial charge in [0.25, 0.3) is 0 Å². The topological polar surface area (TPSA) is 38.5 Å². The van der Waals surface area contributed by atoms with E-state index in [9.17, 15) is 0 Å². The number of benzene rings is 1. The number of hydrogen-bond donors (Lipinski definition) is 1. The van der Waals surface area contributed by atoms with E-state index in [1.807, 2.05) is 18.2 Å². The molecule has 17 heavy (non-hydrogen) atoms. The largest absolute Gasteiger partial charge is 0.493 e. The zero-order valence-corrected chi connectivity index (χ0v) is 11.1. The quantitative estimate of drug-likeness (QED) is 0.739. The normalized spacial score (nSPS) is 12.8. The minimum atomic E-state index is 0.0695. The van der Waals surface area contributed by atoms with Crippen molar-refractivity contribution in [1.29, 1.82) is 0 Å². The van der Waals surface area contributed by atoms with Gasteiger partial charge in [0.05, 0.1) is 6.61 Å². The summed E-state index contributed by atoms with van der Waals surface area (Å²) in [5.41, 5.74) is 7.17. The maximum atomic E-state index is 6.06. The minimum Gasteiger partial charge on any atom is -0.493 e. The summed E-state index contributed by atoms with van der Waals surface area (Å²) in [5.74, 6) is 0.931. The van der Waals surface area contributed by atoms with Gasteiger partial charge in [-0.05, 0) is 33.0 Å². The van der Waals surface area contributed by atoms with Gasteiger partial charge in [-0.3, -0.25) is 0 Å². The molecule has 0 saturated heterocycles. The summed E-state index contributed by atoms with van der Waals surface area (Å²) in [7, 11) is 4.14. The first-order valence-corrected chi connectivity index (χ1v) is 6.27. The van der Waals surface area contributed by atoms with Crippen molar-refractivity contribution in [2.45, 2.75) is 25.8 Å². The van der Waals surface area contributed by atoms with Crippen molar-refractivity contribution in [2.75, 3.05) is 27.2 Å². The minimum absolute atomic E-state index is 0.0695. The molecule has 3 heteroatoms. The molecule has 0 aromatic heterocycles. The highest BCUT2D eigenvalue weighted by atomic mass is 16.5. The van der Waals surface area contributed by atoms with Crippen molar-refractivity contribution in [2.24, 2.45) is 5.73 Å². The molecule has 0 heterocycles. The Labute approximate surface area is 105 Å². The zero-order valence-electron chi connectivity index (χ0n) is 11.1. The number of nitrogens with zero attached hydrogens (tertiary/aromatic N) is 1. The Hall–Kier alpha value is -1.06. The molecular weight excluding hydrogens is 212 g/mol. The Morgan fingerprint density at radius 2 is 2.00 bits per heavy atom. The van der Waals surface area contributed by atoms with E-state index in [2.05, 4.69) is 32.0 Å². The van der Waals surface area contributed by atoms with Crippen molar-refractivity contribution < 1.29 is 4.74 Å². The van der Waals surface area contributed by atoms with Gasteiger partial charge in [0, 0.05) is 18.2 Å². The number of para-hydroxylation sites is 1. The number of hydrogen-bond acceptors (Lipinski definition) is 3. The monoisotopic (exact) mass is 236 g/mol. The van der Waals surface area contributed by atoms with Crippen LogP contribution in [0.2, 0.25) is 0 Å². The first kappa shape index (κ1) is 14.0. The smallest absolute Gasteiger partial charge is 0.124 e. The maximum absolute atomic E-state index is 6.06. The van der Waals surface area contributed by atoms with Gasteiger partial charge in [-0.25, -0.2) is 0 Å². The van der Waals surface area contributed by atoms with Gasteiger partial charge >= 0.3 is 0 Å². The highest BCUT2D eigenvalue weighted by molar-refractivity contribution is 5.35. The van der Waals surface area contributed by atoms with Crippen molar-refractivity contribution in [3.05, 3.63) is 29.8 Å². The second kappa shape index (κ2) is 7.30. The average Bonchev–Trinajstić information content (AvgIpc) is 2.34. The van der Waals surface area contributed by atoms with Crippen molar-refractivity contribution >= 4 is 0 Å². The first-order valence-electron chi connectivity index (χ1n) is 6.27. The van der Waals surface area contributed by atoms with E-state index < -0.39 is 0 Å². The molecule has 0 spiro atoms. The SMILES string of the molecule is CC[C@H](N)c1ccccc1OCCCN(C)C. The van der Waals surface area contributed by atoms with E-state index in [0.29, 0.717) is 0 Å². The molecule has 0 aliphatic carbocycles. The van der Waals surface area contributed by atoms with Crippen LogP contribution in [0.3, 0.4) is 0 Å². The molecule has 1 aromatic rings. The molecule has 0 saturated carbocycles. The van der Waals surface area contributed by atoms with Crippen LogP contribution in [0.1, 0.15) is 31.4 Å². The Balaban J connectivity index is 2.52. The molecule has 3 nitrogen and oxygen atoms in total. The Bertz CT molecular complexity index is 326. The van der Waals surface area contributed by atoms with Crippen LogP contribution in [0.25, 0.3) is 0 Å². The summed E-state index contributed by atoms with van der Waals surface area (Å²) in [6, 6.07) is 8.13. The lowest BCUT2D eigenvalue weighted by Gasteiger charge is -2.16. The Kier molecular flexibility index (Phi) is 6.01. The molecule has 2 N–H and O–H groups in total. The summed E-state index contributed by atoms with van der Waals surface area (Å²) in [6.07, 6.45) is 1.96. The molecule has 1 aromatic carbocycles. The first-order chi connectivity index (χ1) is 8.15. The van der Waals surface area contributed by atoms with Gasteiger partial charge in [-0.15, -0.1) is 0 Å². The number of ether oxygens (including phenoxy) is 1. The number of nitrogens with two attached hydrogens (primary N) is 1. The van der Waals surface area contributed by atoms with Crippen LogP contribution >= 0.6 is 0 Å². The zero-order chi connectivity index (χ0) is 12.7. The summed E-state index contributed by atoms with van der Waals surface area (Å²) >= 11 is 0. The predicted octanol–water partition coefficient (Wildman–Crippen LogP) is 2.43. The van der Waals surface area contributed by atoms with E-state index in [4.69, 9.17) is 10.5 Å². The third-order valence-electron chi connectivity index (χ3n) is 2.77. The highest BCUT2D eigenvalue weighted by Crippen LogP contribution is 2.25. The second-order valence-corrected chi connectivity index (χ2v) is 4.56. The lowest BCUT2D eigenvalue weighted by atomic mass is 10.0. The molecule has 0 amide bonds. The summed E-state index contributed by atoms with van der Waals surface area (Å²) in [5, 5.41) is 0. The molecule has 0 aliphatic rings.